The largest absolute Gasteiger partial charge is 0.399 e. The van der Waals surface area contributed by atoms with Crippen molar-refractivity contribution in [3.05, 3.63) is 49.5 Å². The van der Waals surface area contributed by atoms with Gasteiger partial charge in [-0.1, -0.05) is 17.7 Å². The van der Waals surface area contributed by atoms with Crippen LogP contribution in [0.25, 0.3) is 0 Å². The average molecular weight is 423 g/mol. The zero-order valence-electron chi connectivity index (χ0n) is 8.68. The van der Waals surface area contributed by atoms with Gasteiger partial charge in [-0.05, 0) is 68.9 Å². The molecule has 0 saturated heterocycles. The number of rotatable bonds is 2. The van der Waals surface area contributed by atoms with Crippen molar-refractivity contribution in [2.45, 2.75) is 0 Å². The molecule has 3 N–H and O–H groups in total. The number of nitrogens with two attached hydrogens (primary N) is 1. The first-order valence-corrected chi connectivity index (χ1v) is 7.09. The summed E-state index contributed by atoms with van der Waals surface area (Å²) in [6, 6.07) is 11.4. The van der Waals surface area contributed by atoms with Crippen LogP contribution in [-0.2, 0) is 0 Å². The quantitative estimate of drug-likeness (QED) is 0.525. The minimum absolute atomic E-state index is 0.681. The first-order chi connectivity index (χ1) is 8.08. The van der Waals surface area contributed by atoms with Crippen molar-refractivity contribution in [2.75, 3.05) is 11.1 Å². The van der Waals surface area contributed by atoms with Crippen molar-refractivity contribution in [1.29, 1.82) is 0 Å². The summed E-state index contributed by atoms with van der Waals surface area (Å²) in [6.45, 7) is 0. The summed E-state index contributed by atoms with van der Waals surface area (Å²) in [6.07, 6.45) is 0. The Morgan fingerprint density at radius 1 is 1.18 bits per heavy atom. The van der Waals surface area contributed by atoms with Crippen molar-refractivity contribution in [3.63, 3.8) is 0 Å². The van der Waals surface area contributed by atoms with Crippen LogP contribution in [0.5, 0.6) is 0 Å². The van der Waals surface area contributed by atoms with Crippen molar-refractivity contribution in [1.82, 2.24) is 0 Å². The minimum Gasteiger partial charge on any atom is -0.399 e. The molecule has 0 saturated carbocycles. The third kappa shape index (κ3) is 3.05. The van der Waals surface area contributed by atoms with E-state index >= 15 is 0 Å². The molecule has 0 aromatic heterocycles. The Hall–Kier alpha value is -0.460. The Morgan fingerprint density at radius 3 is 2.65 bits per heavy atom. The van der Waals surface area contributed by atoms with E-state index in [1.54, 1.807) is 0 Å². The number of benzene rings is 2. The minimum atomic E-state index is 0.681. The van der Waals surface area contributed by atoms with Crippen LogP contribution in [0.15, 0.2) is 40.9 Å². The molecule has 0 unspecified atom stereocenters. The van der Waals surface area contributed by atoms with E-state index in [1.165, 1.54) is 0 Å². The fourth-order valence-corrected chi connectivity index (χ4v) is 2.59. The first kappa shape index (κ1) is 13.0. The molecule has 0 atom stereocenters. The highest BCUT2D eigenvalue weighted by molar-refractivity contribution is 14.1. The highest BCUT2D eigenvalue weighted by Crippen LogP contribution is 2.33. The van der Waals surface area contributed by atoms with Gasteiger partial charge in [-0.3, -0.25) is 0 Å². The zero-order valence-corrected chi connectivity index (χ0v) is 13.2. The topological polar surface area (TPSA) is 38.0 Å². The molecule has 0 fully saturated rings. The Labute approximate surface area is 127 Å². The maximum atomic E-state index is 6.04. The van der Waals surface area contributed by atoms with Gasteiger partial charge in [0.05, 0.1) is 20.9 Å². The van der Waals surface area contributed by atoms with Gasteiger partial charge in [-0.15, -0.1) is 0 Å². The molecule has 0 radical (unpaired) electrons. The third-order valence-electron chi connectivity index (χ3n) is 2.21. The van der Waals surface area contributed by atoms with Crippen LogP contribution in [0.4, 0.5) is 17.1 Å². The van der Waals surface area contributed by atoms with Crippen LogP contribution in [0.1, 0.15) is 0 Å². The molecule has 2 nitrogen and oxygen atoms in total. The highest BCUT2D eigenvalue weighted by Gasteiger charge is 2.06. The van der Waals surface area contributed by atoms with E-state index in [4.69, 9.17) is 17.3 Å². The smallest absolute Gasteiger partial charge is 0.0596 e. The maximum absolute atomic E-state index is 6.04. The zero-order chi connectivity index (χ0) is 12.4. The molecular formula is C12H9BrClIN2. The Bertz CT molecular complexity index is 560. The normalized spacial score (nSPS) is 10.3. The van der Waals surface area contributed by atoms with Crippen molar-refractivity contribution in [3.8, 4) is 0 Å². The third-order valence-corrected chi connectivity index (χ3v) is 4.50. The Balaban J connectivity index is 2.35. The molecule has 88 valence electrons. The van der Waals surface area contributed by atoms with Crippen LogP contribution in [0.2, 0.25) is 5.02 Å². The average Bonchev–Trinajstić information content (AvgIpc) is 2.28. The van der Waals surface area contributed by atoms with Crippen LogP contribution in [0.3, 0.4) is 0 Å². The summed E-state index contributed by atoms with van der Waals surface area (Å²) in [5.74, 6) is 0. The van der Waals surface area contributed by atoms with Crippen LogP contribution < -0.4 is 11.1 Å². The second-order valence-corrected chi connectivity index (χ2v) is 5.83. The molecule has 0 bridgehead atoms. The van der Waals surface area contributed by atoms with Gasteiger partial charge in [-0.2, -0.15) is 0 Å². The number of nitrogens with one attached hydrogen (secondary N) is 1. The lowest BCUT2D eigenvalue weighted by atomic mass is 10.2. The molecule has 0 aliphatic rings. The van der Waals surface area contributed by atoms with Gasteiger partial charge in [0.2, 0.25) is 0 Å². The van der Waals surface area contributed by atoms with Gasteiger partial charge in [0.1, 0.15) is 0 Å². The van der Waals surface area contributed by atoms with E-state index < -0.39 is 0 Å². The van der Waals surface area contributed by atoms with Crippen LogP contribution in [0, 0.1) is 3.57 Å². The predicted octanol–water partition coefficient (Wildman–Crippen LogP) is 5.03. The molecule has 0 heterocycles. The lowest BCUT2D eigenvalue weighted by Gasteiger charge is -2.11. The van der Waals surface area contributed by atoms with Crippen LogP contribution in [-0.4, -0.2) is 0 Å². The predicted molar refractivity (Wildman–Crippen MR) is 86.0 cm³/mol. The number of anilines is 3. The molecule has 5 heteroatoms. The molecule has 17 heavy (non-hydrogen) atoms. The van der Waals surface area contributed by atoms with Gasteiger partial charge in [0.15, 0.2) is 0 Å². The fourth-order valence-electron chi connectivity index (χ4n) is 1.38. The van der Waals surface area contributed by atoms with E-state index in [0.29, 0.717) is 5.02 Å². The summed E-state index contributed by atoms with van der Waals surface area (Å²) in [7, 11) is 0. The lowest BCUT2D eigenvalue weighted by molar-refractivity contribution is 1.50. The van der Waals surface area contributed by atoms with Crippen molar-refractivity contribution >= 4 is 67.2 Å². The number of halogens is 3. The van der Waals surface area contributed by atoms with Crippen molar-refractivity contribution in [2.24, 2.45) is 0 Å². The number of nitrogen functional groups attached to an aromatic ring is 1. The molecule has 2 rings (SSSR count). The fraction of sp³-hybridized carbons (Fsp3) is 0. The summed E-state index contributed by atoms with van der Waals surface area (Å²) >= 11 is 11.7. The van der Waals surface area contributed by atoms with Gasteiger partial charge in [-0.25, -0.2) is 0 Å². The van der Waals surface area contributed by atoms with Gasteiger partial charge in [0, 0.05) is 9.26 Å². The Kier molecular flexibility index (Phi) is 4.17. The molecule has 0 aliphatic carbocycles. The molecule has 2 aromatic rings. The molecule has 0 spiro atoms. The Morgan fingerprint density at radius 2 is 1.94 bits per heavy atom. The van der Waals surface area contributed by atoms with E-state index in [-0.39, 0.29) is 0 Å². The van der Waals surface area contributed by atoms with Crippen molar-refractivity contribution < 1.29 is 0 Å². The van der Waals surface area contributed by atoms with E-state index in [1.807, 2.05) is 36.4 Å². The summed E-state index contributed by atoms with van der Waals surface area (Å²) in [5, 5.41) is 4.00. The number of hydrogen-bond donors (Lipinski definition) is 2. The standard InChI is InChI=1S/C12H9BrClIN2/c13-12-8(14)2-1-3-11(12)17-10-5-4-7(16)6-9(10)15/h1-6,17H,16H2. The second kappa shape index (κ2) is 5.46. The lowest BCUT2D eigenvalue weighted by Crippen LogP contribution is -1.95. The van der Waals surface area contributed by atoms with E-state index in [2.05, 4.69) is 43.8 Å². The van der Waals surface area contributed by atoms with Gasteiger partial charge in [0.25, 0.3) is 0 Å². The summed E-state index contributed by atoms with van der Waals surface area (Å²) in [4.78, 5) is 0. The molecule has 0 aliphatic heterocycles. The van der Waals surface area contributed by atoms with Crippen LogP contribution >= 0.6 is 50.1 Å². The number of hydrogen-bond acceptors (Lipinski definition) is 2. The van der Waals surface area contributed by atoms with E-state index in [9.17, 15) is 0 Å². The molecular weight excluding hydrogens is 414 g/mol. The highest BCUT2D eigenvalue weighted by atomic mass is 127. The SMILES string of the molecule is Nc1ccc(Nc2cccc(Cl)c2Br)c(I)c1. The monoisotopic (exact) mass is 422 g/mol. The summed E-state index contributed by atoms with van der Waals surface area (Å²) in [5.41, 5.74) is 8.40. The van der Waals surface area contributed by atoms with Gasteiger partial charge < -0.3 is 11.1 Å². The second-order valence-electron chi connectivity index (χ2n) is 3.47. The van der Waals surface area contributed by atoms with E-state index in [0.717, 1.165) is 25.1 Å². The maximum Gasteiger partial charge on any atom is 0.0596 e. The summed E-state index contributed by atoms with van der Waals surface area (Å²) < 4.78 is 1.92. The first-order valence-electron chi connectivity index (χ1n) is 4.84. The molecule has 0 amide bonds. The molecule has 2 aromatic carbocycles. The van der Waals surface area contributed by atoms with Gasteiger partial charge >= 0.3 is 0 Å².